The molecule has 1 aliphatic rings. The van der Waals surface area contributed by atoms with Gasteiger partial charge in [0.05, 0.1) is 12.8 Å². The Balaban J connectivity index is 2.08. The van der Waals surface area contributed by atoms with Gasteiger partial charge in [0.1, 0.15) is 6.10 Å². The predicted molar refractivity (Wildman–Crippen MR) is 105 cm³/mol. The van der Waals surface area contributed by atoms with Crippen LogP contribution in [0.15, 0.2) is 30.5 Å². The van der Waals surface area contributed by atoms with Gasteiger partial charge in [-0.05, 0) is 13.0 Å². The van der Waals surface area contributed by atoms with Crippen LogP contribution < -0.4 is 20.5 Å². The molecule has 34 heavy (non-hydrogen) atoms. The van der Waals surface area contributed by atoms with E-state index in [1.807, 2.05) is 0 Å². The van der Waals surface area contributed by atoms with Crippen LogP contribution in [-0.4, -0.2) is 42.0 Å². The number of nitrogens with zero attached hydrogens (tertiary/aromatic N) is 1. The molecule has 184 valence electrons. The quantitative estimate of drug-likeness (QED) is 0.339. The van der Waals surface area contributed by atoms with Crippen molar-refractivity contribution in [1.29, 1.82) is 0 Å². The summed E-state index contributed by atoms with van der Waals surface area (Å²) in [5, 5.41) is 11.9. The molecule has 8 nitrogen and oxygen atoms in total. The number of carbonyl (C=O) groups excluding carboxylic acids is 2. The molecule has 0 saturated carbocycles. The van der Waals surface area contributed by atoms with E-state index in [4.69, 9.17) is 15.2 Å². The molecule has 1 aromatic carbocycles. The molecule has 4 N–H and O–H groups in total. The van der Waals surface area contributed by atoms with E-state index >= 15 is 0 Å². The molecule has 2 aromatic rings. The highest BCUT2D eigenvalue weighted by Gasteiger charge is 2.65. The van der Waals surface area contributed by atoms with Crippen molar-refractivity contribution in [3.63, 3.8) is 0 Å². The third kappa shape index (κ3) is 4.11. The van der Waals surface area contributed by atoms with Gasteiger partial charge in [-0.15, -0.1) is 0 Å². The minimum atomic E-state index is -4.92. The lowest BCUT2D eigenvalue weighted by atomic mass is 9.77. The number of nitrogens with one attached hydrogen (secondary N) is 1. The first-order valence-electron chi connectivity index (χ1n) is 9.85. The highest BCUT2D eigenvalue weighted by molar-refractivity contribution is 5.97. The zero-order valence-corrected chi connectivity index (χ0v) is 18.1. The molecule has 13 heteroatoms. The fraction of sp³-hybridized carbons (Fsp3) is 0.381. The smallest absolute Gasteiger partial charge is 0.417 e. The van der Waals surface area contributed by atoms with Gasteiger partial charge in [-0.25, -0.2) is 4.39 Å². The lowest BCUT2D eigenvalue weighted by Crippen LogP contribution is -2.47. The van der Waals surface area contributed by atoms with Gasteiger partial charge in [0.15, 0.2) is 17.2 Å². The van der Waals surface area contributed by atoms with Gasteiger partial charge in [-0.3, -0.25) is 14.8 Å². The average molecular weight is 490 g/mol. The van der Waals surface area contributed by atoms with E-state index in [9.17, 15) is 36.7 Å². The number of rotatable bonds is 5. The first-order valence-corrected chi connectivity index (χ1v) is 9.85. The van der Waals surface area contributed by atoms with Crippen molar-refractivity contribution < 1.29 is 51.0 Å². The maximum atomic E-state index is 14.4. The number of amides is 2. The number of ether oxygens (including phenoxy) is 2. The number of nitrogens with two attached hydrogens (primary N) is 1. The minimum Gasteiger partial charge on any atom is -0.493 e. The van der Waals surface area contributed by atoms with Gasteiger partial charge in [-0.1, -0.05) is 13.0 Å². The fourth-order valence-corrected chi connectivity index (χ4v) is 4.01. The topological polar surface area (TPSA) is 115 Å². The summed E-state index contributed by atoms with van der Waals surface area (Å²) in [5.74, 6) is -8.30. The second kappa shape index (κ2) is 8.70. The number of primary amides is 1. The average Bonchev–Trinajstić information content (AvgIpc) is 3.03. The maximum absolute atomic E-state index is 14.4. The second-order valence-electron chi connectivity index (χ2n) is 7.94. The minimum absolute atomic E-state index is 0.0861. The third-order valence-electron chi connectivity index (χ3n) is 6.02. The van der Waals surface area contributed by atoms with Crippen LogP contribution in [0.2, 0.25) is 0 Å². The van der Waals surface area contributed by atoms with Crippen molar-refractivity contribution in [2.45, 2.75) is 37.6 Å². The molecule has 3 rings (SSSR count). The molecule has 4 atom stereocenters. The number of alkyl halides is 3. The Kier molecular flexibility index (Phi) is 6.44. The Labute approximate surface area is 190 Å². The van der Waals surface area contributed by atoms with E-state index in [-0.39, 0.29) is 11.3 Å². The SMILES string of the molecule is COc1c([C@@H]2[C@@H](C(=O)Nc3cc[n+](O)c(C(N)=O)c3)O[C@@](C)(C(F)(F)F)[C@H]2C)ccc(F)c1F. The maximum Gasteiger partial charge on any atom is 0.417 e. The molecule has 2 heterocycles. The number of benzene rings is 1. The zero-order valence-electron chi connectivity index (χ0n) is 18.1. The van der Waals surface area contributed by atoms with Crippen LogP contribution in [-0.2, 0) is 9.53 Å². The Bertz CT molecular complexity index is 1140. The molecular formula is C21H21F5N3O5+. The molecule has 1 aromatic heterocycles. The van der Waals surface area contributed by atoms with E-state index in [1.165, 1.54) is 6.92 Å². The summed E-state index contributed by atoms with van der Waals surface area (Å²) in [6.45, 7) is 1.93. The van der Waals surface area contributed by atoms with E-state index in [0.29, 0.717) is 10.8 Å². The third-order valence-corrected chi connectivity index (χ3v) is 6.02. The lowest BCUT2D eigenvalue weighted by molar-refractivity contribution is -0.905. The first-order chi connectivity index (χ1) is 15.7. The fourth-order valence-electron chi connectivity index (χ4n) is 4.01. The van der Waals surface area contributed by atoms with Crippen molar-refractivity contribution in [2.75, 3.05) is 12.4 Å². The standard InChI is InChI=1S/C21H20F5N3O5/c1-9-14(11-4-5-12(22)15(23)16(11)33-3)17(34-20(9,2)21(24,25)26)19(31)28-10-6-7-29(32)13(8-10)18(27)30/h4-9,14,17,32H,1-3H3,(H2,27,30)/p+1/t9-,14+,17-,20+/m0/s1. The van der Waals surface area contributed by atoms with Crippen LogP contribution in [0.25, 0.3) is 0 Å². The summed E-state index contributed by atoms with van der Waals surface area (Å²) in [4.78, 5) is 24.5. The number of carbonyl (C=O) groups is 2. The number of aromatic nitrogens is 1. The Morgan fingerprint density at radius 1 is 1.26 bits per heavy atom. The molecule has 0 spiro atoms. The van der Waals surface area contributed by atoms with E-state index in [2.05, 4.69) is 5.32 Å². The summed E-state index contributed by atoms with van der Waals surface area (Å²) in [6, 6.07) is 3.90. The largest absolute Gasteiger partial charge is 0.493 e. The van der Waals surface area contributed by atoms with Crippen LogP contribution >= 0.6 is 0 Å². The Morgan fingerprint density at radius 2 is 1.91 bits per heavy atom. The van der Waals surface area contributed by atoms with Gasteiger partial charge >= 0.3 is 17.8 Å². The van der Waals surface area contributed by atoms with Crippen LogP contribution in [0.4, 0.5) is 27.6 Å². The van der Waals surface area contributed by atoms with Crippen molar-refractivity contribution in [2.24, 2.45) is 11.7 Å². The van der Waals surface area contributed by atoms with E-state index in [0.717, 1.165) is 38.4 Å². The van der Waals surface area contributed by atoms with Gasteiger partial charge in [0, 0.05) is 34.3 Å². The Morgan fingerprint density at radius 3 is 2.47 bits per heavy atom. The summed E-state index contributed by atoms with van der Waals surface area (Å²) in [5.41, 5.74) is 1.61. The Hall–Kier alpha value is -3.48. The number of pyridine rings is 1. The summed E-state index contributed by atoms with van der Waals surface area (Å²) in [7, 11) is 1.01. The number of anilines is 1. The molecular weight excluding hydrogens is 469 g/mol. The molecule has 1 saturated heterocycles. The van der Waals surface area contributed by atoms with Crippen molar-refractivity contribution >= 4 is 17.5 Å². The molecule has 1 fully saturated rings. The molecule has 0 aliphatic carbocycles. The highest BCUT2D eigenvalue weighted by Crippen LogP contribution is 2.54. The van der Waals surface area contributed by atoms with Crippen LogP contribution in [0.5, 0.6) is 5.75 Å². The van der Waals surface area contributed by atoms with Gasteiger partial charge in [-0.2, -0.15) is 17.6 Å². The van der Waals surface area contributed by atoms with Gasteiger partial charge in [0.2, 0.25) is 12.0 Å². The number of hydrogen-bond acceptors (Lipinski definition) is 5. The normalized spacial score (nSPS) is 24.6. The van der Waals surface area contributed by atoms with Crippen molar-refractivity contribution in [3.05, 3.63) is 53.4 Å². The first kappa shape index (κ1) is 25.1. The molecule has 0 bridgehead atoms. The highest BCUT2D eigenvalue weighted by atomic mass is 19.4. The summed E-state index contributed by atoms with van der Waals surface area (Å²) in [6.07, 6.45) is -5.76. The lowest BCUT2D eigenvalue weighted by Gasteiger charge is -2.32. The molecule has 2 amide bonds. The molecule has 1 aliphatic heterocycles. The van der Waals surface area contributed by atoms with Crippen LogP contribution in [0.1, 0.15) is 35.8 Å². The van der Waals surface area contributed by atoms with Crippen molar-refractivity contribution in [3.8, 4) is 5.75 Å². The summed E-state index contributed by atoms with van der Waals surface area (Å²) >= 11 is 0. The second-order valence-corrected chi connectivity index (χ2v) is 7.94. The van der Waals surface area contributed by atoms with E-state index in [1.54, 1.807) is 0 Å². The number of hydrogen-bond donors (Lipinski definition) is 3. The van der Waals surface area contributed by atoms with Crippen LogP contribution in [0, 0.1) is 17.6 Å². The number of methoxy groups -OCH3 is 1. The van der Waals surface area contributed by atoms with Gasteiger partial charge in [0.25, 0.3) is 5.91 Å². The molecule has 0 unspecified atom stereocenters. The number of halogens is 5. The zero-order chi connectivity index (χ0) is 25.6. The summed E-state index contributed by atoms with van der Waals surface area (Å²) < 4.78 is 80.5. The van der Waals surface area contributed by atoms with Crippen molar-refractivity contribution in [1.82, 2.24) is 0 Å². The van der Waals surface area contributed by atoms with Gasteiger partial charge < -0.3 is 20.5 Å². The monoisotopic (exact) mass is 490 g/mol. The molecule has 0 radical (unpaired) electrons. The van der Waals surface area contributed by atoms with E-state index < -0.39 is 64.6 Å². The van der Waals surface area contributed by atoms with Crippen LogP contribution in [0.3, 0.4) is 0 Å². The predicted octanol–water partition coefficient (Wildman–Crippen LogP) is 2.68.